The van der Waals surface area contributed by atoms with Gasteiger partial charge in [0.1, 0.15) is 35.2 Å². The van der Waals surface area contributed by atoms with E-state index in [4.69, 9.17) is 28.8 Å². The number of carbonyl (C=O) groups is 6. The maximum absolute atomic E-state index is 14.9. The zero-order valence-corrected chi connectivity index (χ0v) is 36.5. The number of esters is 3. The summed E-state index contributed by atoms with van der Waals surface area (Å²) in [6.45, 7) is 11.3. The van der Waals surface area contributed by atoms with Crippen LogP contribution in [0.3, 0.4) is 0 Å². The molecule has 3 unspecified atom stereocenters. The van der Waals surface area contributed by atoms with Crippen molar-refractivity contribution < 1.29 is 72.9 Å². The first-order chi connectivity index (χ1) is 29.0. The van der Waals surface area contributed by atoms with E-state index in [2.05, 4.69) is 5.32 Å². The standard InChI is InChI=1S/C45H55NO15S/c1-23-28(58-40(54)36(59-31(50)22-62-21-30(48)49)34(24-14-10-8-11-15-24)46-41(55)61-42(2,3)4)19-45(56)38(60-39(53)25-16-12-9-13-17-25)33-26-20-57-27(26)18-29(47)44(33,7)37(52)35(51)32(23)43(45,5)6/h8-17,19,23,26-27,29,32-36,38,47,51,56H,18,20-22H2,1-7H3,(H,46,55)(H,48,49)/t23?,26-,27-,29+,32?,33?,34+,35-,36-,38+,44-,45-/m1/s1. The highest BCUT2D eigenvalue weighted by Crippen LogP contribution is 2.62. The number of carboxylic acid groups (broad SMARTS) is 1. The van der Waals surface area contributed by atoms with Gasteiger partial charge in [-0.1, -0.05) is 69.3 Å². The molecule has 17 heteroatoms. The lowest BCUT2D eigenvalue weighted by Gasteiger charge is -2.64. The van der Waals surface area contributed by atoms with Crippen LogP contribution in [0.2, 0.25) is 0 Å². The summed E-state index contributed by atoms with van der Waals surface area (Å²) < 4.78 is 29.4. The van der Waals surface area contributed by atoms with Gasteiger partial charge >= 0.3 is 30.0 Å². The van der Waals surface area contributed by atoms with Gasteiger partial charge in [0.05, 0.1) is 41.3 Å². The lowest BCUT2D eigenvalue weighted by Crippen LogP contribution is -2.75. The van der Waals surface area contributed by atoms with Crippen LogP contribution in [0.1, 0.15) is 76.9 Å². The fraction of sp³-hybridized carbons (Fsp3) is 0.556. The van der Waals surface area contributed by atoms with Gasteiger partial charge in [-0.25, -0.2) is 14.4 Å². The molecule has 16 nitrogen and oxygen atoms in total. The average molecular weight is 882 g/mol. The molecule has 1 heterocycles. The largest absolute Gasteiger partial charge is 0.481 e. The number of benzene rings is 2. The number of ketones is 1. The van der Waals surface area contributed by atoms with Crippen LogP contribution in [0.5, 0.6) is 0 Å². The predicted molar refractivity (Wildman–Crippen MR) is 221 cm³/mol. The van der Waals surface area contributed by atoms with Gasteiger partial charge in [0.2, 0.25) is 6.10 Å². The minimum atomic E-state index is -2.33. The minimum absolute atomic E-state index is 0.0606. The summed E-state index contributed by atoms with van der Waals surface area (Å²) in [7, 11) is 0. The van der Waals surface area contributed by atoms with Crippen LogP contribution in [-0.4, -0.2) is 116 Å². The second-order valence-corrected chi connectivity index (χ2v) is 19.2. The molecule has 1 aliphatic heterocycles. The first-order valence-electron chi connectivity index (χ1n) is 20.5. The molecular weight excluding hydrogens is 827 g/mol. The van der Waals surface area contributed by atoms with Gasteiger partial charge < -0.3 is 49.4 Å². The van der Waals surface area contributed by atoms with E-state index in [9.17, 15) is 44.1 Å². The molecule has 2 saturated carbocycles. The van der Waals surface area contributed by atoms with E-state index in [-0.39, 0.29) is 29.9 Å². The fourth-order valence-electron chi connectivity index (χ4n) is 9.69. The van der Waals surface area contributed by atoms with E-state index in [1.807, 2.05) is 0 Å². The first-order valence-corrected chi connectivity index (χ1v) is 21.6. The van der Waals surface area contributed by atoms with Crippen LogP contribution in [0.15, 0.2) is 72.5 Å². The van der Waals surface area contributed by atoms with E-state index in [1.165, 1.54) is 25.1 Å². The Morgan fingerprint density at radius 1 is 0.952 bits per heavy atom. The van der Waals surface area contributed by atoms with Crippen LogP contribution in [0, 0.1) is 34.5 Å². The summed E-state index contributed by atoms with van der Waals surface area (Å²) in [4.78, 5) is 81.5. The third kappa shape index (κ3) is 8.87. The molecule has 2 aromatic rings. The average Bonchev–Trinajstić information content (AvgIpc) is 3.19. The van der Waals surface area contributed by atoms with E-state index < -0.39 is 130 Å². The summed E-state index contributed by atoms with van der Waals surface area (Å²) >= 11 is 0.710. The molecule has 0 radical (unpaired) electrons. The highest BCUT2D eigenvalue weighted by Gasteiger charge is 2.73. The monoisotopic (exact) mass is 881 g/mol. The van der Waals surface area contributed by atoms with Crippen LogP contribution in [-0.2, 0) is 42.9 Å². The number of Topliss-reactive ketones (excluding diaryl/α,β-unsaturated/α-hetero) is 1. The summed E-state index contributed by atoms with van der Waals surface area (Å²) in [6, 6.07) is 14.6. The van der Waals surface area contributed by atoms with Crippen molar-refractivity contribution in [2.24, 2.45) is 34.5 Å². The second kappa shape index (κ2) is 17.8. The van der Waals surface area contributed by atoms with Crippen molar-refractivity contribution in [3.05, 3.63) is 83.6 Å². The van der Waals surface area contributed by atoms with E-state index in [0.29, 0.717) is 11.8 Å². The second-order valence-electron chi connectivity index (χ2n) is 18.3. The molecular formula is C45H55NO15S. The van der Waals surface area contributed by atoms with Crippen molar-refractivity contribution in [1.29, 1.82) is 0 Å². The summed E-state index contributed by atoms with van der Waals surface area (Å²) in [5, 5.41) is 49.1. The van der Waals surface area contributed by atoms with Gasteiger partial charge in [0.25, 0.3) is 0 Å². The van der Waals surface area contributed by atoms with Crippen molar-refractivity contribution in [2.45, 2.75) is 103 Å². The molecule has 3 fully saturated rings. The fourth-order valence-corrected chi connectivity index (χ4v) is 10.2. The molecule has 1 amide bonds. The number of thioether (sulfide) groups is 1. The van der Waals surface area contributed by atoms with Crippen LogP contribution in [0.4, 0.5) is 4.79 Å². The maximum Gasteiger partial charge on any atom is 0.408 e. The molecule has 2 bridgehead atoms. The normalized spacial score (nSPS) is 32.0. The number of alkyl carbamates (subject to hydrolysis) is 1. The van der Waals surface area contributed by atoms with Crippen LogP contribution >= 0.6 is 11.8 Å². The first kappa shape index (κ1) is 46.7. The zero-order valence-electron chi connectivity index (χ0n) is 35.6. The van der Waals surface area contributed by atoms with Crippen molar-refractivity contribution in [3.63, 3.8) is 0 Å². The summed E-state index contributed by atoms with van der Waals surface area (Å²) in [5.41, 5.74) is -6.16. The van der Waals surface area contributed by atoms with Crippen molar-refractivity contribution in [1.82, 2.24) is 5.32 Å². The van der Waals surface area contributed by atoms with Gasteiger partial charge in [-0.3, -0.25) is 14.4 Å². The van der Waals surface area contributed by atoms with Crippen molar-refractivity contribution >= 4 is 47.5 Å². The van der Waals surface area contributed by atoms with Gasteiger partial charge in [0, 0.05) is 35.5 Å². The van der Waals surface area contributed by atoms with Crippen LogP contribution in [0.25, 0.3) is 0 Å². The number of fused-ring (bicyclic) bond motifs is 5. The topological polar surface area (TPSA) is 242 Å². The Labute approximate surface area is 363 Å². The number of hydrogen-bond donors (Lipinski definition) is 5. The number of amides is 1. The Kier molecular flexibility index (Phi) is 13.4. The molecule has 336 valence electrons. The number of allylic oxidation sites excluding steroid dienone is 1. The third-order valence-electron chi connectivity index (χ3n) is 12.9. The van der Waals surface area contributed by atoms with Gasteiger partial charge in [-0.15, -0.1) is 11.8 Å². The Morgan fingerprint density at radius 2 is 1.58 bits per heavy atom. The number of aliphatic carboxylic acids is 1. The molecule has 6 rings (SSSR count). The molecule has 4 aliphatic rings. The molecule has 5 N–H and O–H groups in total. The molecule has 12 atom stereocenters. The number of hydrogen-bond acceptors (Lipinski definition) is 15. The molecule has 3 aliphatic carbocycles. The number of rotatable bonds is 12. The number of ether oxygens (including phenoxy) is 5. The smallest absolute Gasteiger partial charge is 0.408 e. The van der Waals surface area contributed by atoms with E-state index in [1.54, 1.807) is 90.1 Å². The molecule has 1 saturated heterocycles. The zero-order chi connectivity index (χ0) is 45.5. The lowest BCUT2D eigenvalue weighted by atomic mass is 9.44. The van der Waals surface area contributed by atoms with E-state index in [0.717, 1.165) is 0 Å². The lowest BCUT2D eigenvalue weighted by molar-refractivity contribution is -0.280. The number of carbonyl (C=O) groups excluding carboxylic acids is 5. The summed E-state index contributed by atoms with van der Waals surface area (Å²) in [6.07, 6.45) is -7.05. The maximum atomic E-state index is 14.9. The van der Waals surface area contributed by atoms with Crippen molar-refractivity contribution in [2.75, 3.05) is 18.1 Å². The molecule has 2 aromatic carbocycles. The van der Waals surface area contributed by atoms with Crippen LogP contribution < -0.4 is 5.32 Å². The number of aliphatic hydroxyl groups excluding tert-OH is 2. The number of nitrogens with one attached hydrogen (secondary N) is 1. The van der Waals surface area contributed by atoms with Gasteiger partial charge in [0.15, 0.2) is 5.78 Å². The minimum Gasteiger partial charge on any atom is -0.481 e. The Hall–Kier alpha value is -4.81. The van der Waals surface area contributed by atoms with Gasteiger partial charge in [-0.05, 0) is 51.5 Å². The number of carboxylic acids is 1. The molecule has 62 heavy (non-hydrogen) atoms. The predicted octanol–water partition coefficient (Wildman–Crippen LogP) is 4.00. The Bertz CT molecular complexity index is 2070. The van der Waals surface area contributed by atoms with Crippen molar-refractivity contribution in [3.8, 4) is 0 Å². The van der Waals surface area contributed by atoms with Gasteiger partial charge in [-0.2, -0.15) is 0 Å². The number of aliphatic hydroxyl groups is 3. The van der Waals surface area contributed by atoms with E-state index >= 15 is 0 Å². The summed E-state index contributed by atoms with van der Waals surface area (Å²) in [5.74, 6) is -10.2. The SMILES string of the molecule is CC1C(OC(=O)[C@H](OC(=O)CSCC(=O)O)[C@@H](NC(=O)OC(C)(C)C)c2ccccc2)=C[C@@]2(O)[C@@H](OC(=O)c3ccccc3)C3[C@@H]4CO[C@@H]4C[C@H](O)[C@@]3(C)C(=O)[C@H](O)C1C2(C)C. The Morgan fingerprint density at radius 3 is 2.16 bits per heavy atom. The highest BCUT2D eigenvalue weighted by atomic mass is 32.2. The molecule has 0 spiro atoms. The third-order valence-corrected chi connectivity index (χ3v) is 13.8. The quantitative estimate of drug-likeness (QED) is 0.150. The Balaban J connectivity index is 1.48. The molecule has 0 aromatic heterocycles. The highest BCUT2D eigenvalue weighted by molar-refractivity contribution is 8.00.